The first-order valence-electron chi connectivity index (χ1n) is 7.89. The van der Waals surface area contributed by atoms with Gasteiger partial charge in [-0.15, -0.1) is 0 Å². The molecular formula is C13H20N5O8P. The van der Waals surface area contributed by atoms with Crippen molar-refractivity contribution in [2.45, 2.75) is 43.7 Å². The van der Waals surface area contributed by atoms with Crippen LogP contribution in [-0.4, -0.2) is 74.8 Å². The first kappa shape index (κ1) is 19.9. The standard InChI is InChI=1S/C13H20N5O8P/c1-13(2,27(23,24)25)17-12-15-9-6(10(22)16-12)14-4-18(9)11-8(21)7(20)5(3-19)26-11/h4-5,7-8,11,19-21H,3H2,1-2H3,(H2,23,24,25)(H2,15,16,17,22)/t5-,7+,8-,11-/m0/s1. The largest absolute Gasteiger partial charge is 0.394 e. The first-order chi connectivity index (χ1) is 12.5. The molecule has 1 fully saturated rings. The van der Waals surface area contributed by atoms with Gasteiger partial charge in [0.2, 0.25) is 5.95 Å². The number of nitrogens with zero attached hydrogens (tertiary/aromatic N) is 3. The van der Waals surface area contributed by atoms with Crippen LogP contribution >= 0.6 is 7.60 Å². The fourth-order valence-corrected chi connectivity index (χ4v) is 2.90. The van der Waals surface area contributed by atoms with E-state index in [1.54, 1.807) is 0 Å². The third-order valence-corrected chi connectivity index (χ3v) is 5.94. The van der Waals surface area contributed by atoms with Crippen molar-refractivity contribution in [2.24, 2.45) is 0 Å². The molecule has 3 heterocycles. The zero-order valence-electron chi connectivity index (χ0n) is 14.3. The molecule has 150 valence electrons. The Balaban J connectivity index is 2.04. The summed E-state index contributed by atoms with van der Waals surface area (Å²) in [5, 5.41) is 30.0. The minimum atomic E-state index is -4.58. The highest BCUT2D eigenvalue weighted by molar-refractivity contribution is 7.53. The van der Waals surface area contributed by atoms with Crippen LogP contribution in [0, 0.1) is 0 Å². The molecule has 4 atom stereocenters. The molecule has 0 aliphatic carbocycles. The Hall–Kier alpha value is -1.86. The fourth-order valence-electron chi connectivity index (χ4n) is 2.64. The number of aliphatic hydroxyl groups excluding tert-OH is 3. The number of hydrogen-bond acceptors (Lipinski definition) is 9. The Labute approximate surface area is 151 Å². The van der Waals surface area contributed by atoms with E-state index < -0.39 is 49.6 Å². The molecule has 2 aromatic rings. The van der Waals surface area contributed by atoms with E-state index in [9.17, 15) is 34.5 Å². The minimum Gasteiger partial charge on any atom is -0.394 e. The normalized spacial score (nSPS) is 26.6. The van der Waals surface area contributed by atoms with Gasteiger partial charge >= 0.3 is 7.60 Å². The average Bonchev–Trinajstić information content (AvgIpc) is 3.08. The van der Waals surface area contributed by atoms with Crippen LogP contribution in [0.3, 0.4) is 0 Å². The Morgan fingerprint density at radius 2 is 2.04 bits per heavy atom. The van der Waals surface area contributed by atoms with Crippen LogP contribution < -0.4 is 10.9 Å². The van der Waals surface area contributed by atoms with Gasteiger partial charge in [0.1, 0.15) is 23.6 Å². The predicted octanol–water partition coefficient (Wildman–Crippen LogP) is -1.94. The predicted molar refractivity (Wildman–Crippen MR) is 90.9 cm³/mol. The molecule has 14 heteroatoms. The smallest absolute Gasteiger partial charge is 0.350 e. The van der Waals surface area contributed by atoms with E-state index in [1.807, 2.05) is 0 Å². The lowest BCUT2D eigenvalue weighted by molar-refractivity contribution is -0.0511. The number of imidazole rings is 1. The molecule has 0 aromatic carbocycles. The molecule has 0 spiro atoms. The molecule has 0 radical (unpaired) electrons. The van der Waals surface area contributed by atoms with Crippen molar-refractivity contribution in [2.75, 3.05) is 11.9 Å². The summed E-state index contributed by atoms with van der Waals surface area (Å²) in [6.45, 7) is 1.95. The Kier molecular flexibility index (Phi) is 4.89. The molecule has 0 amide bonds. The van der Waals surface area contributed by atoms with Crippen LogP contribution in [0.2, 0.25) is 0 Å². The quantitative estimate of drug-likeness (QED) is 0.273. The number of aromatic amines is 1. The summed E-state index contributed by atoms with van der Waals surface area (Å²) in [5.74, 6) is -0.227. The maximum Gasteiger partial charge on any atom is 0.350 e. The van der Waals surface area contributed by atoms with Gasteiger partial charge in [-0.3, -0.25) is 18.9 Å². The van der Waals surface area contributed by atoms with Crippen molar-refractivity contribution < 1.29 is 34.4 Å². The summed E-state index contributed by atoms with van der Waals surface area (Å²) < 4.78 is 18.2. The molecule has 7 N–H and O–H groups in total. The molecule has 2 aromatic heterocycles. The Morgan fingerprint density at radius 1 is 1.37 bits per heavy atom. The summed E-state index contributed by atoms with van der Waals surface area (Å²) in [6.07, 6.45) is -3.80. The van der Waals surface area contributed by atoms with Gasteiger partial charge in [-0.25, -0.2) is 4.98 Å². The summed E-state index contributed by atoms with van der Waals surface area (Å²) in [5.41, 5.74) is -0.834. The number of aliphatic hydroxyl groups is 3. The van der Waals surface area contributed by atoms with Crippen molar-refractivity contribution in [3.05, 3.63) is 16.7 Å². The Bertz CT molecular complexity index is 952. The second-order valence-corrected chi connectivity index (χ2v) is 8.90. The van der Waals surface area contributed by atoms with E-state index in [1.165, 1.54) is 24.7 Å². The SMILES string of the molecule is CC(C)(Nc1nc2c(ncn2[C@H]2O[C@@H](CO)[C@@H](O)[C@@H]2O)c(=O)[nH]1)P(=O)(O)O. The van der Waals surface area contributed by atoms with E-state index >= 15 is 0 Å². The summed E-state index contributed by atoms with van der Waals surface area (Å²) in [7, 11) is -4.58. The third-order valence-electron chi connectivity index (χ3n) is 4.38. The molecule has 0 bridgehead atoms. The lowest BCUT2D eigenvalue weighted by Crippen LogP contribution is -2.33. The van der Waals surface area contributed by atoms with Gasteiger partial charge in [0, 0.05) is 0 Å². The highest BCUT2D eigenvalue weighted by Crippen LogP contribution is 2.49. The molecule has 3 rings (SSSR count). The number of ether oxygens (including phenoxy) is 1. The summed E-state index contributed by atoms with van der Waals surface area (Å²) in [4.78, 5) is 41.4. The Morgan fingerprint density at radius 3 is 2.59 bits per heavy atom. The van der Waals surface area contributed by atoms with Gasteiger partial charge in [-0.1, -0.05) is 0 Å². The highest BCUT2D eigenvalue weighted by Gasteiger charge is 2.44. The molecule has 0 saturated carbocycles. The summed E-state index contributed by atoms with van der Waals surface area (Å²) >= 11 is 0. The molecular weight excluding hydrogens is 385 g/mol. The van der Waals surface area contributed by atoms with Crippen molar-refractivity contribution in [3.8, 4) is 0 Å². The number of aromatic nitrogens is 4. The second-order valence-electron chi connectivity index (χ2n) is 6.70. The van der Waals surface area contributed by atoms with Crippen LogP contribution in [-0.2, 0) is 9.30 Å². The van der Waals surface area contributed by atoms with Crippen LogP contribution in [0.1, 0.15) is 20.1 Å². The van der Waals surface area contributed by atoms with Crippen molar-refractivity contribution in [3.63, 3.8) is 0 Å². The van der Waals surface area contributed by atoms with E-state index in [2.05, 4.69) is 20.3 Å². The van der Waals surface area contributed by atoms with Crippen molar-refractivity contribution in [1.29, 1.82) is 0 Å². The van der Waals surface area contributed by atoms with Crippen molar-refractivity contribution >= 4 is 24.7 Å². The summed E-state index contributed by atoms with van der Waals surface area (Å²) in [6, 6.07) is 0. The molecule has 27 heavy (non-hydrogen) atoms. The fraction of sp³-hybridized carbons (Fsp3) is 0.615. The zero-order chi connectivity index (χ0) is 20.1. The average molecular weight is 405 g/mol. The second kappa shape index (κ2) is 6.63. The van der Waals surface area contributed by atoms with E-state index in [0.29, 0.717) is 0 Å². The molecule has 13 nitrogen and oxygen atoms in total. The lowest BCUT2D eigenvalue weighted by atomic mass is 10.1. The van der Waals surface area contributed by atoms with Gasteiger partial charge in [0.05, 0.1) is 12.9 Å². The van der Waals surface area contributed by atoms with Gasteiger partial charge in [0.25, 0.3) is 5.56 Å². The van der Waals surface area contributed by atoms with E-state index in [-0.39, 0.29) is 17.1 Å². The van der Waals surface area contributed by atoms with Crippen LogP contribution in [0.5, 0.6) is 0 Å². The third kappa shape index (κ3) is 3.38. The van der Waals surface area contributed by atoms with Crippen LogP contribution in [0.25, 0.3) is 11.2 Å². The first-order valence-corrected chi connectivity index (χ1v) is 9.50. The number of fused-ring (bicyclic) bond motifs is 1. The zero-order valence-corrected chi connectivity index (χ0v) is 15.2. The van der Waals surface area contributed by atoms with E-state index in [4.69, 9.17) is 4.74 Å². The van der Waals surface area contributed by atoms with Gasteiger partial charge in [-0.05, 0) is 13.8 Å². The van der Waals surface area contributed by atoms with E-state index in [0.717, 1.165) is 0 Å². The van der Waals surface area contributed by atoms with Crippen LogP contribution in [0.15, 0.2) is 11.1 Å². The lowest BCUT2D eigenvalue weighted by Gasteiger charge is -2.27. The highest BCUT2D eigenvalue weighted by atomic mass is 31.2. The van der Waals surface area contributed by atoms with Gasteiger partial charge in [-0.2, -0.15) is 4.98 Å². The maximum atomic E-state index is 12.2. The maximum absolute atomic E-state index is 12.2. The number of nitrogens with one attached hydrogen (secondary N) is 2. The molecule has 1 saturated heterocycles. The topological polar surface area (TPSA) is 203 Å². The number of H-pyrrole nitrogens is 1. The van der Waals surface area contributed by atoms with Crippen LogP contribution in [0.4, 0.5) is 5.95 Å². The van der Waals surface area contributed by atoms with Gasteiger partial charge < -0.3 is 35.2 Å². The molecule has 1 aliphatic rings. The minimum absolute atomic E-state index is 0.0439. The number of rotatable bonds is 5. The number of anilines is 1. The van der Waals surface area contributed by atoms with Gasteiger partial charge in [0.15, 0.2) is 17.4 Å². The monoisotopic (exact) mass is 405 g/mol. The molecule has 1 aliphatic heterocycles. The van der Waals surface area contributed by atoms with Crippen molar-refractivity contribution in [1.82, 2.24) is 19.5 Å². The number of hydrogen-bond donors (Lipinski definition) is 7. The molecule has 0 unspecified atom stereocenters.